The van der Waals surface area contributed by atoms with E-state index in [4.69, 9.17) is 19.4 Å². The highest BCUT2D eigenvalue weighted by molar-refractivity contribution is 7.21. The zero-order valence-corrected chi connectivity index (χ0v) is 29.8. The van der Waals surface area contributed by atoms with E-state index in [0.717, 1.165) is 49.0 Å². The van der Waals surface area contributed by atoms with Crippen molar-refractivity contribution >= 4 is 56.7 Å². The number of hydrogen-bond donors (Lipinski definition) is 2. The van der Waals surface area contributed by atoms with Gasteiger partial charge in [-0.1, -0.05) is 0 Å². The minimum atomic E-state index is -0.663. The third-order valence-corrected chi connectivity index (χ3v) is 10.0. The molecule has 0 aliphatic carbocycles. The predicted molar refractivity (Wildman–Crippen MR) is 197 cm³/mol. The van der Waals surface area contributed by atoms with Crippen LogP contribution in [0.15, 0.2) is 67.0 Å². The Hall–Kier alpha value is -5.73. The standard InChI is InChI=1S/C38H37N7O6S/c1-22-16-30(23-4-10-33(40-19-23)44(2)3)39-20-28(22)37-42-29-8-5-25(18-32(29)52-37)41-35(47)12-13-50-14-15-51-26-6-7-27-24(17-26)21-45(38(27)49)31-9-11-34(46)43-36(31)48/h4-8,10,16-20,31H,9,11-15,21H2,1-3H3,(H,41,47)(H,43,46,48). The summed E-state index contributed by atoms with van der Waals surface area (Å²) in [5.41, 5.74) is 6.61. The summed E-state index contributed by atoms with van der Waals surface area (Å²) in [6, 6.07) is 16.2. The molecule has 2 aliphatic heterocycles. The second-order valence-electron chi connectivity index (χ2n) is 12.9. The van der Waals surface area contributed by atoms with Crippen LogP contribution >= 0.6 is 11.3 Å². The maximum atomic E-state index is 12.9. The molecule has 14 heteroatoms. The monoisotopic (exact) mass is 719 g/mol. The van der Waals surface area contributed by atoms with Crippen LogP contribution in [0, 0.1) is 6.92 Å². The molecule has 7 rings (SSSR count). The van der Waals surface area contributed by atoms with E-state index in [2.05, 4.69) is 15.6 Å². The minimum Gasteiger partial charge on any atom is -0.491 e. The average molecular weight is 720 g/mol. The fourth-order valence-corrected chi connectivity index (χ4v) is 7.29. The van der Waals surface area contributed by atoms with Crippen LogP contribution in [0.3, 0.4) is 0 Å². The van der Waals surface area contributed by atoms with Gasteiger partial charge in [0, 0.05) is 61.8 Å². The third-order valence-electron chi connectivity index (χ3n) is 8.98. The van der Waals surface area contributed by atoms with Gasteiger partial charge in [-0.05, 0) is 79.1 Å². The number of carbonyl (C=O) groups excluding carboxylic acids is 4. The topological polar surface area (TPSA) is 156 Å². The first kappa shape index (κ1) is 34.7. The zero-order valence-electron chi connectivity index (χ0n) is 29.0. The number of fused-ring (bicyclic) bond motifs is 2. The Morgan fingerprint density at radius 3 is 2.63 bits per heavy atom. The van der Waals surface area contributed by atoms with Gasteiger partial charge in [-0.25, -0.2) is 9.97 Å². The van der Waals surface area contributed by atoms with Crippen LogP contribution in [0.4, 0.5) is 11.5 Å². The minimum absolute atomic E-state index is 0.169. The number of amides is 4. The predicted octanol–water partition coefficient (Wildman–Crippen LogP) is 4.98. The molecular formula is C38H37N7O6S. The van der Waals surface area contributed by atoms with E-state index in [-0.39, 0.29) is 56.9 Å². The lowest BCUT2D eigenvalue weighted by molar-refractivity contribution is -0.137. The first-order chi connectivity index (χ1) is 25.1. The van der Waals surface area contributed by atoms with Gasteiger partial charge in [0.2, 0.25) is 17.7 Å². The highest BCUT2D eigenvalue weighted by Gasteiger charge is 2.39. The maximum absolute atomic E-state index is 12.9. The number of piperidine rings is 1. The van der Waals surface area contributed by atoms with Gasteiger partial charge in [-0.2, -0.15) is 0 Å². The smallest absolute Gasteiger partial charge is 0.255 e. The molecule has 0 spiro atoms. The molecule has 3 aromatic heterocycles. The Balaban J connectivity index is 0.863. The van der Waals surface area contributed by atoms with Gasteiger partial charge in [0.1, 0.15) is 29.2 Å². The second-order valence-corrected chi connectivity index (χ2v) is 13.9. The molecule has 1 unspecified atom stereocenters. The summed E-state index contributed by atoms with van der Waals surface area (Å²) in [6.45, 7) is 3.08. The molecule has 5 aromatic rings. The van der Waals surface area contributed by atoms with Crippen molar-refractivity contribution in [3.8, 4) is 27.6 Å². The Morgan fingerprint density at radius 2 is 1.87 bits per heavy atom. The summed E-state index contributed by atoms with van der Waals surface area (Å²) in [7, 11) is 3.91. The van der Waals surface area contributed by atoms with Crippen molar-refractivity contribution in [1.29, 1.82) is 0 Å². The van der Waals surface area contributed by atoms with E-state index in [9.17, 15) is 19.2 Å². The average Bonchev–Trinajstić information content (AvgIpc) is 3.69. The second kappa shape index (κ2) is 14.9. The number of benzene rings is 2. The highest BCUT2D eigenvalue weighted by atomic mass is 32.1. The van der Waals surface area contributed by atoms with Crippen LogP contribution in [-0.2, 0) is 25.7 Å². The van der Waals surface area contributed by atoms with Crippen molar-refractivity contribution in [3.63, 3.8) is 0 Å². The van der Waals surface area contributed by atoms with Crippen molar-refractivity contribution in [3.05, 3.63) is 83.7 Å². The van der Waals surface area contributed by atoms with Gasteiger partial charge in [0.05, 0.1) is 35.5 Å². The van der Waals surface area contributed by atoms with Gasteiger partial charge in [-0.15, -0.1) is 11.3 Å². The summed E-state index contributed by atoms with van der Waals surface area (Å²) in [5.74, 6) is 0.297. The van der Waals surface area contributed by atoms with E-state index in [1.807, 2.05) is 74.7 Å². The molecule has 0 bridgehead atoms. The lowest BCUT2D eigenvalue weighted by Crippen LogP contribution is -2.52. The number of rotatable bonds is 12. The van der Waals surface area contributed by atoms with Crippen molar-refractivity contribution < 1.29 is 28.7 Å². The molecule has 2 aromatic carbocycles. The van der Waals surface area contributed by atoms with Crippen molar-refractivity contribution in [2.75, 3.05) is 44.1 Å². The summed E-state index contributed by atoms with van der Waals surface area (Å²) in [6.07, 6.45) is 4.37. The number of thiazole rings is 1. The number of carbonyl (C=O) groups is 4. The number of aryl methyl sites for hydroxylation is 1. The van der Waals surface area contributed by atoms with Crippen LogP contribution in [0.2, 0.25) is 0 Å². The normalized spacial score (nSPS) is 15.5. The van der Waals surface area contributed by atoms with Crippen LogP contribution in [0.1, 0.15) is 40.7 Å². The van der Waals surface area contributed by atoms with Crippen molar-refractivity contribution in [2.24, 2.45) is 0 Å². The molecule has 5 heterocycles. The zero-order chi connectivity index (χ0) is 36.4. The van der Waals surface area contributed by atoms with Crippen LogP contribution in [-0.4, -0.2) is 83.4 Å². The summed E-state index contributed by atoms with van der Waals surface area (Å²) < 4.78 is 12.4. The number of imide groups is 1. The van der Waals surface area contributed by atoms with Crippen LogP contribution in [0.25, 0.3) is 32.0 Å². The van der Waals surface area contributed by atoms with E-state index < -0.39 is 11.9 Å². The molecule has 1 atom stereocenters. The Labute approximate surface area is 304 Å². The number of hydrogen-bond acceptors (Lipinski definition) is 11. The highest BCUT2D eigenvalue weighted by Crippen LogP contribution is 2.35. The largest absolute Gasteiger partial charge is 0.491 e. The first-order valence-electron chi connectivity index (χ1n) is 16.9. The number of anilines is 2. The van der Waals surface area contributed by atoms with E-state index >= 15 is 0 Å². The van der Waals surface area contributed by atoms with Gasteiger partial charge in [0.15, 0.2) is 0 Å². The van der Waals surface area contributed by atoms with Gasteiger partial charge in [0.25, 0.3) is 5.91 Å². The quantitative estimate of drug-likeness (QED) is 0.133. The summed E-state index contributed by atoms with van der Waals surface area (Å²) >= 11 is 1.55. The summed E-state index contributed by atoms with van der Waals surface area (Å²) in [5, 5.41) is 6.11. The van der Waals surface area contributed by atoms with Gasteiger partial charge >= 0.3 is 0 Å². The van der Waals surface area contributed by atoms with Gasteiger partial charge in [-0.3, -0.25) is 29.5 Å². The van der Waals surface area contributed by atoms with Crippen molar-refractivity contribution in [2.45, 2.75) is 38.8 Å². The van der Waals surface area contributed by atoms with E-state index in [1.54, 1.807) is 29.5 Å². The summed E-state index contributed by atoms with van der Waals surface area (Å²) in [4.78, 5) is 66.8. The molecule has 1 saturated heterocycles. The number of ether oxygens (including phenoxy) is 2. The van der Waals surface area contributed by atoms with E-state index in [1.165, 1.54) is 4.90 Å². The van der Waals surface area contributed by atoms with Gasteiger partial charge < -0.3 is 24.6 Å². The SMILES string of the molecule is Cc1cc(-c2ccc(N(C)C)nc2)ncc1-c1nc2ccc(NC(=O)CCOCCOc3ccc4c(c3)CN(C3CCC(=O)NC3=O)C4=O)cc2s1. The lowest BCUT2D eigenvalue weighted by atomic mass is 10.0. The number of nitrogens with one attached hydrogen (secondary N) is 2. The molecule has 0 saturated carbocycles. The fourth-order valence-electron chi connectivity index (χ4n) is 6.21. The van der Waals surface area contributed by atoms with E-state index in [0.29, 0.717) is 23.4 Å². The number of nitrogens with zero attached hydrogens (tertiary/aromatic N) is 5. The Bertz CT molecular complexity index is 2180. The molecule has 1 fully saturated rings. The third kappa shape index (κ3) is 7.48. The lowest BCUT2D eigenvalue weighted by Gasteiger charge is -2.29. The Morgan fingerprint density at radius 1 is 1.00 bits per heavy atom. The molecule has 4 amide bonds. The first-order valence-corrected chi connectivity index (χ1v) is 17.7. The fraction of sp³-hybridized carbons (Fsp3) is 0.289. The molecule has 52 heavy (non-hydrogen) atoms. The Kier molecular flexibility index (Phi) is 9.92. The molecule has 2 aliphatic rings. The van der Waals surface area contributed by atoms with Crippen LogP contribution in [0.5, 0.6) is 5.75 Å². The molecule has 2 N–H and O–H groups in total. The molecule has 13 nitrogen and oxygen atoms in total. The maximum Gasteiger partial charge on any atom is 0.255 e. The number of aromatic nitrogens is 3. The number of pyridine rings is 2. The molecule has 0 radical (unpaired) electrons. The molecule has 266 valence electrons. The van der Waals surface area contributed by atoms with Crippen LogP contribution < -0.4 is 20.3 Å². The molecular weight excluding hydrogens is 683 g/mol. The van der Waals surface area contributed by atoms with Crippen molar-refractivity contribution in [1.82, 2.24) is 25.2 Å².